The minimum Gasteiger partial charge on any atom is -0.494 e. The minimum absolute atomic E-state index is 0.0695. The quantitative estimate of drug-likeness (QED) is 0.867. The van der Waals surface area contributed by atoms with Crippen LogP contribution < -0.4 is 15.4 Å². The van der Waals surface area contributed by atoms with Gasteiger partial charge in [-0.25, -0.2) is 8.78 Å². The van der Waals surface area contributed by atoms with Crippen LogP contribution in [0.3, 0.4) is 0 Å². The van der Waals surface area contributed by atoms with E-state index >= 15 is 0 Å². The predicted molar refractivity (Wildman–Crippen MR) is 67.0 cm³/mol. The van der Waals surface area contributed by atoms with Crippen LogP contribution in [0.4, 0.5) is 14.5 Å². The van der Waals surface area contributed by atoms with E-state index in [0.29, 0.717) is 12.5 Å². The van der Waals surface area contributed by atoms with Gasteiger partial charge >= 0.3 is 0 Å². The summed E-state index contributed by atoms with van der Waals surface area (Å²) in [6, 6.07) is 2.22. The van der Waals surface area contributed by atoms with Crippen molar-refractivity contribution in [2.75, 3.05) is 32.1 Å². The highest BCUT2D eigenvalue weighted by atomic mass is 19.1. The maximum atomic E-state index is 13.6. The molecule has 0 bridgehead atoms. The van der Waals surface area contributed by atoms with E-state index in [4.69, 9.17) is 4.74 Å². The first kappa shape index (κ1) is 13.1. The molecule has 0 atom stereocenters. The third kappa shape index (κ3) is 3.10. The molecule has 0 aromatic heterocycles. The first-order valence-corrected chi connectivity index (χ1v) is 6.18. The highest BCUT2D eigenvalue weighted by molar-refractivity contribution is 5.48. The summed E-state index contributed by atoms with van der Waals surface area (Å²) in [5.41, 5.74) is 0.201. The number of halogens is 2. The average molecular weight is 256 g/mol. The fraction of sp³-hybridized carbons (Fsp3) is 0.538. The summed E-state index contributed by atoms with van der Waals surface area (Å²) in [5, 5.41) is 6.25. The van der Waals surface area contributed by atoms with Crippen LogP contribution in [0, 0.1) is 17.6 Å². The molecular weight excluding hydrogens is 238 g/mol. The van der Waals surface area contributed by atoms with E-state index in [1.165, 1.54) is 7.11 Å². The van der Waals surface area contributed by atoms with Crippen molar-refractivity contribution in [1.29, 1.82) is 0 Å². The fourth-order valence-electron chi connectivity index (χ4n) is 2.16. The van der Waals surface area contributed by atoms with Gasteiger partial charge in [0.2, 0.25) is 0 Å². The van der Waals surface area contributed by atoms with Crippen LogP contribution in [0.15, 0.2) is 12.1 Å². The van der Waals surface area contributed by atoms with E-state index in [0.717, 1.165) is 38.1 Å². The molecule has 1 aliphatic rings. The van der Waals surface area contributed by atoms with E-state index < -0.39 is 11.6 Å². The molecule has 100 valence electrons. The zero-order valence-electron chi connectivity index (χ0n) is 10.4. The Kier molecular flexibility index (Phi) is 4.36. The van der Waals surface area contributed by atoms with Crippen LogP contribution in [-0.2, 0) is 0 Å². The van der Waals surface area contributed by atoms with E-state index in [2.05, 4.69) is 10.6 Å². The second kappa shape index (κ2) is 6.00. The molecule has 2 N–H and O–H groups in total. The van der Waals surface area contributed by atoms with Crippen molar-refractivity contribution >= 4 is 5.69 Å². The second-order valence-electron chi connectivity index (χ2n) is 4.54. The smallest absolute Gasteiger partial charge is 0.167 e. The zero-order chi connectivity index (χ0) is 13.0. The monoisotopic (exact) mass is 256 g/mol. The van der Waals surface area contributed by atoms with Gasteiger partial charge in [-0.15, -0.1) is 0 Å². The second-order valence-corrected chi connectivity index (χ2v) is 4.54. The molecule has 1 aliphatic heterocycles. The largest absolute Gasteiger partial charge is 0.494 e. The molecule has 2 rings (SSSR count). The lowest BCUT2D eigenvalue weighted by Crippen LogP contribution is -2.31. The third-order valence-corrected chi connectivity index (χ3v) is 3.28. The Morgan fingerprint density at radius 2 is 2.00 bits per heavy atom. The molecule has 1 aromatic rings. The van der Waals surface area contributed by atoms with Gasteiger partial charge in [-0.1, -0.05) is 0 Å². The molecule has 0 unspecified atom stereocenters. The first-order valence-electron chi connectivity index (χ1n) is 6.18. The molecule has 18 heavy (non-hydrogen) atoms. The number of ether oxygens (including phenoxy) is 1. The number of hydrogen-bond acceptors (Lipinski definition) is 3. The van der Waals surface area contributed by atoms with Crippen molar-refractivity contribution in [3.8, 4) is 5.75 Å². The molecular formula is C13H18F2N2O. The van der Waals surface area contributed by atoms with Gasteiger partial charge in [-0.05, 0) is 31.8 Å². The molecule has 1 saturated heterocycles. The standard InChI is InChI=1S/C13H18F2N2O/c1-18-13-7-10(14)12(6-11(13)15)17-8-9-2-4-16-5-3-9/h6-7,9,16-17H,2-5,8H2,1H3. The molecule has 0 spiro atoms. The number of piperidine rings is 1. The van der Waals surface area contributed by atoms with Crippen molar-refractivity contribution < 1.29 is 13.5 Å². The third-order valence-electron chi connectivity index (χ3n) is 3.28. The van der Waals surface area contributed by atoms with Crippen LogP contribution in [0.5, 0.6) is 5.75 Å². The summed E-state index contributed by atoms with van der Waals surface area (Å²) < 4.78 is 31.8. The summed E-state index contributed by atoms with van der Waals surface area (Å²) in [4.78, 5) is 0. The number of hydrogen-bond donors (Lipinski definition) is 2. The van der Waals surface area contributed by atoms with E-state index in [9.17, 15) is 8.78 Å². The highest BCUT2D eigenvalue weighted by Crippen LogP contribution is 2.25. The normalized spacial score (nSPS) is 16.6. The van der Waals surface area contributed by atoms with Crippen molar-refractivity contribution in [1.82, 2.24) is 5.32 Å². The van der Waals surface area contributed by atoms with Crippen LogP contribution in [0.1, 0.15) is 12.8 Å². The van der Waals surface area contributed by atoms with Gasteiger partial charge in [0, 0.05) is 18.7 Å². The Bertz CT molecular complexity index is 406. The van der Waals surface area contributed by atoms with Gasteiger partial charge in [0.05, 0.1) is 12.8 Å². The lowest BCUT2D eigenvalue weighted by Gasteiger charge is -2.23. The molecule has 3 nitrogen and oxygen atoms in total. The maximum Gasteiger partial charge on any atom is 0.167 e. The van der Waals surface area contributed by atoms with E-state index in [1.807, 2.05) is 0 Å². The molecule has 1 fully saturated rings. The predicted octanol–water partition coefficient (Wildman–Crippen LogP) is 2.38. The lowest BCUT2D eigenvalue weighted by molar-refractivity contribution is 0.381. The van der Waals surface area contributed by atoms with Crippen molar-refractivity contribution in [3.05, 3.63) is 23.8 Å². The van der Waals surface area contributed by atoms with Gasteiger partial charge in [-0.2, -0.15) is 0 Å². The number of methoxy groups -OCH3 is 1. The first-order chi connectivity index (χ1) is 8.70. The topological polar surface area (TPSA) is 33.3 Å². The van der Waals surface area contributed by atoms with E-state index in [-0.39, 0.29) is 11.4 Å². The maximum absolute atomic E-state index is 13.6. The number of benzene rings is 1. The average Bonchev–Trinajstić information content (AvgIpc) is 2.40. The molecule has 0 radical (unpaired) electrons. The molecule has 0 aliphatic carbocycles. The number of anilines is 1. The van der Waals surface area contributed by atoms with E-state index in [1.54, 1.807) is 0 Å². The molecule has 1 heterocycles. The molecule has 0 saturated carbocycles. The molecule has 5 heteroatoms. The minimum atomic E-state index is -0.549. The van der Waals surface area contributed by atoms with Crippen molar-refractivity contribution in [2.45, 2.75) is 12.8 Å². The summed E-state index contributed by atoms with van der Waals surface area (Å²) >= 11 is 0. The Morgan fingerprint density at radius 1 is 1.28 bits per heavy atom. The van der Waals surface area contributed by atoms with Crippen molar-refractivity contribution in [2.24, 2.45) is 5.92 Å². The number of rotatable bonds is 4. The Morgan fingerprint density at radius 3 is 2.67 bits per heavy atom. The SMILES string of the molecule is COc1cc(F)c(NCC2CCNCC2)cc1F. The van der Waals surface area contributed by atoms with Gasteiger partial charge in [0.15, 0.2) is 11.6 Å². The Balaban J connectivity index is 1.98. The summed E-state index contributed by atoms with van der Waals surface area (Å²) in [6.45, 7) is 2.65. The van der Waals surface area contributed by atoms with Crippen LogP contribution >= 0.6 is 0 Å². The van der Waals surface area contributed by atoms with Gasteiger partial charge in [-0.3, -0.25) is 0 Å². The van der Waals surface area contributed by atoms with Crippen LogP contribution in [-0.4, -0.2) is 26.7 Å². The van der Waals surface area contributed by atoms with Gasteiger partial charge in [0.1, 0.15) is 5.82 Å². The van der Waals surface area contributed by atoms with Crippen LogP contribution in [0.25, 0.3) is 0 Å². The fourth-order valence-corrected chi connectivity index (χ4v) is 2.16. The molecule has 0 amide bonds. The zero-order valence-corrected chi connectivity index (χ0v) is 10.4. The lowest BCUT2D eigenvalue weighted by atomic mass is 9.98. The number of nitrogens with one attached hydrogen (secondary N) is 2. The summed E-state index contributed by atoms with van der Waals surface area (Å²) in [6.07, 6.45) is 2.13. The van der Waals surface area contributed by atoms with Crippen molar-refractivity contribution in [3.63, 3.8) is 0 Å². The summed E-state index contributed by atoms with van der Waals surface area (Å²) in [7, 11) is 1.32. The van der Waals surface area contributed by atoms with Gasteiger partial charge < -0.3 is 15.4 Å². The Labute approximate surface area is 106 Å². The highest BCUT2D eigenvalue weighted by Gasteiger charge is 2.15. The Hall–Kier alpha value is -1.36. The van der Waals surface area contributed by atoms with Crippen LogP contribution in [0.2, 0.25) is 0 Å². The summed E-state index contributed by atoms with van der Waals surface area (Å²) in [5.74, 6) is -0.593. The molecule has 1 aromatic carbocycles. The van der Waals surface area contributed by atoms with Gasteiger partial charge in [0.25, 0.3) is 0 Å².